The van der Waals surface area contributed by atoms with Crippen molar-refractivity contribution in [1.82, 2.24) is 15.1 Å². The Morgan fingerprint density at radius 1 is 1.03 bits per heavy atom. The molecule has 4 aromatic rings. The van der Waals surface area contributed by atoms with Gasteiger partial charge in [-0.2, -0.15) is 5.10 Å². The number of rotatable bonds is 5. The largest absolute Gasteiger partial charge is 0.397 e. The van der Waals surface area contributed by atoms with Crippen molar-refractivity contribution in [3.05, 3.63) is 99.5 Å². The van der Waals surface area contributed by atoms with Crippen LogP contribution in [0.5, 0.6) is 0 Å². The van der Waals surface area contributed by atoms with Gasteiger partial charge in [0.05, 0.1) is 28.0 Å². The third-order valence-corrected chi connectivity index (χ3v) is 6.83. The van der Waals surface area contributed by atoms with E-state index in [-0.39, 0.29) is 41.7 Å². The summed E-state index contributed by atoms with van der Waals surface area (Å²) in [6.07, 6.45) is 1.09. The summed E-state index contributed by atoms with van der Waals surface area (Å²) >= 11 is 0. The number of nitrogens with two attached hydrogens (primary N) is 1. The molecule has 0 bridgehead atoms. The fourth-order valence-corrected chi connectivity index (χ4v) is 4.74. The van der Waals surface area contributed by atoms with Crippen molar-refractivity contribution in [1.29, 1.82) is 0 Å². The first-order valence-electron chi connectivity index (χ1n) is 12.2. The molecule has 1 aliphatic heterocycles. The highest BCUT2D eigenvalue weighted by Crippen LogP contribution is 2.25. The normalized spacial score (nSPS) is 14.0. The summed E-state index contributed by atoms with van der Waals surface area (Å²) in [7, 11) is 0. The highest BCUT2D eigenvalue weighted by atomic mass is 19.1. The van der Waals surface area contributed by atoms with E-state index in [1.807, 2.05) is 6.07 Å². The number of halogens is 2. The number of carbonyl (C=O) groups is 2. The van der Waals surface area contributed by atoms with Gasteiger partial charge < -0.3 is 16.0 Å². The zero-order valence-corrected chi connectivity index (χ0v) is 20.3. The van der Waals surface area contributed by atoms with Gasteiger partial charge in [-0.1, -0.05) is 24.3 Å². The van der Waals surface area contributed by atoms with Gasteiger partial charge in [0.1, 0.15) is 11.6 Å². The van der Waals surface area contributed by atoms with E-state index in [9.17, 15) is 23.2 Å². The molecule has 1 saturated heterocycles. The molecule has 0 saturated carbocycles. The Kier molecular flexibility index (Phi) is 6.87. The standard InChI is InChI=1S/C28H25F2N5O3/c29-18-6-8-24(23(31)15-18)32-26(36)17-9-11-35(12-10-17)28(38)21-13-16(5-7-22(21)30)14-25-19-3-1-2-4-20(19)27(37)34-33-25/h1-8,13,15,17H,9-12,14,31H2,(H,32,36)(H,34,37). The van der Waals surface area contributed by atoms with Crippen LogP contribution in [0, 0.1) is 17.6 Å². The molecule has 3 aromatic carbocycles. The van der Waals surface area contributed by atoms with Gasteiger partial charge in [0, 0.05) is 30.8 Å². The smallest absolute Gasteiger partial charge is 0.272 e. The summed E-state index contributed by atoms with van der Waals surface area (Å²) in [6.45, 7) is 0.567. The van der Waals surface area contributed by atoms with Crippen molar-refractivity contribution < 1.29 is 18.4 Å². The lowest BCUT2D eigenvalue weighted by atomic mass is 9.95. The van der Waals surface area contributed by atoms with E-state index in [4.69, 9.17) is 5.73 Å². The number of nitrogens with zero attached hydrogens (tertiary/aromatic N) is 2. The van der Waals surface area contributed by atoms with Crippen LogP contribution in [0.2, 0.25) is 0 Å². The summed E-state index contributed by atoms with van der Waals surface area (Å²) in [5.41, 5.74) is 7.17. The van der Waals surface area contributed by atoms with Gasteiger partial charge in [0.15, 0.2) is 0 Å². The van der Waals surface area contributed by atoms with Gasteiger partial charge >= 0.3 is 0 Å². The number of fused-ring (bicyclic) bond motifs is 1. The van der Waals surface area contributed by atoms with E-state index in [1.54, 1.807) is 24.3 Å². The predicted molar refractivity (Wildman–Crippen MR) is 140 cm³/mol. The van der Waals surface area contributed by atoms with Crippen molar-refractivity contribution in [2.45, 2.75) is 19.3 Å². The molecule has 1 aromatic heterocycles. The van der Waals surface area contributed by atoms with E-state index in [2.05, 4.69) is 15.5 Å². The lowest BCUT2D eigenvalue weighted by Crippen LogP contribution is -2.41. The number of hydrogen-bond acceptors (Lipinski definition) is 5. The molecule has 38 heavy (non-hydrogen) atoms. The van der Waals surface area contributed by atoms with Crippen LogP contribution in [0.3, 0.4) is 0 Å². The maximum absolute atomic E-state index is 14.7. The first kappa shape index (κ1) is 25.1. The fraction of sp³-hybridized carbons (Fsp3) is 0.214. The molecule has 10 heteroatoms. The lowest BCUT2D eigenvalue weighted by Gasteiger charge is -2.31. The maximum atomic E-state index is 14.7. The zero-order valence-electron chi connectivity index (χ0n) is 20.3. The number of likely N-dealkylation sites (tertiary alicyclic amines) is 1. The molecular weight excluding hydrogens is 492 g/mol. The Hall–Kier alpha value is -4.60. The maximum Gasteiger partial charge on any atom is 0.272 e. The number of piperidine rings is 1. The second kappa shape index (κ2) is 10.4. The number of amides is 2. The molecule has 2 heterocycles. The van der Waals surface area contributed by atoms with Crippen molar-refractivity contribution in [2.75, 3.05) is 24.1 Å². The molecule has 2 amide bonds. The molecule has 0 atom stereocenters. The second-order valence-electron chi connectivity index (χ2n) is 9.32. The molecule has 8 nitrogen and oxygen atoms in total. The van der Waals surface area contributed by atoms with Crippen LogP contribution >= 0.6 is 0 Å². The number of nitrogen functional groups attached to an aromatic ring is 1. The third kappa shape index (κ3) is 5.10. The summed E-state index contributed by atoms with van der Waals surface area (Å²) in [4.78, 5) is 39.5. The van der Waals surface area contributed by atoms with Crippen LogP contribution in [0.25, 0.3) is 10.8 Å². The molecule has 4 N–H and O–H groups in total. The van der Waals surface area contributed by atoms with Crippen LogP contribution in [0.4, 0.5) is 20.2 Å². The van der Waals surface area contributed by atoms with Crippen LogP contribution in [0.1, 0.15) is 34.5 Å². The molecular formula is C28H25F2N5O3. The first-order valence-corrected chi connectivity index (χ1v) is 12.2. The van der Waals surface area contributed by atoms with Gasteiger partial charge in [0.2, 0.25) is 5.91 Å². The lowest BCUT2D eigenvalue weighted by molar-refractivity contribution is -0.121. The van der Waals surface area contributed by atoms with Crippen LogP contribution < -0.4 is 16.6 Å². The topological polar surface area (TPSA) is 121 Å². The van der Waals surface area contributed by atoms with Gasteiger partial charge in [0.25, 0.3) is 11.5 Å². The molecule has 0 unspecified atom stereocenters. The molecule has 1 fully saturated rings. The molecule has 0 aliphatic carbocycles. The summed E-state index contributed by atoms with van der Waals surface area (Å²) < 4.78 is 28.0. The summed E-state index contributed by atoms with van der Waals surface area (Å²) in [5, 5.41) is 10.6. The van der Waals surface area contributed by atoms with E-state index < -0.39 is 17.5 Å². The number of nitrogens with one attached hydrogen (secondary N) is 2. The predicted octanol–water partition coefficient (Wildman–Crippen LogP) is 3.87. The van der Waals surface area contributed by atoms with Gasteiger partial charge in [-0.3, -0.25) is 14.4 Å². The van der Waals surface area contributed by atoms with E-state index in [0.717, 1.165) is 6.07 Å². The Morgan fingerprint density at radius 2 is 1.76 bits per heavy atom. The average Bonchev–Trinajstić information content (AvgIpc) is 2.92. The number of H-pyrrole nitrogens is 1. The molecule has 0 spiro atoms. The number of aromatic nitrogens is 2. The van der Waals surface area contributed by atoms with Crippen LogP contribution in [-0.4, -0.2) is 40.0 Å². The molecule has 5 rings (SSSR count). The highest BCUT2D eigenvalue weighted by molar-refractivity contribution is 5.97. The SMILES string of the molecule is Nc1cc(F)ccc1NC(=O)C1CCN(C(=O)c2cc(Cc3n[nH]c(=O)c4ccccc34)ccc2F)CC1. The first-order chi connectivity index (χ1) is 18.3. The van der Waals surface area contributed by atoms with Gasteiger partial charge in [-0.25, -0.2) is 13.9 Å². The number of anilines is 2. The minimum Gasteiger partial charge on any atom is -0.397 e. The Morgan fingerprint density at radius 3 is 2.50 bits per heavy atom. The minimum absolute atomic E-state index is 0.0572. The fourth-order valence-electron chi connectivity index (χ4n) is 4.74. The van der Waals surface area contributed by atoms with Crippen LogP contribution in [0.15, 0.2) is 65.5 Å². The van der Waals surface area contributed by atoms with E-state index in [1.165, 1.54) is 29.2 Å². The zero-order chi connectivity index (χ0) is 26.8. The number of carbonyl (C=O) groups excluding carboxylic acids is 2. The van der Waals surface area contributed by atoms with Crippen molar-refractivity contribution in [3.8, 4) is 0 Å². The summed E-state index contributed by atoms with van der Waals surface area (Å²) in [6, 6.07) is 15.2. The number of aromatic amines is 1. The van der Waals surface area contributed by atoms with Crippen molar-refractivity contribution in [2.24, 2.45) is 5.92 Å². The molecule has 1 aliphatic rings. The minimum atomic E-state index is -0.635. The van der Waals surface area contributed by atoms with E-state index >= 15 is 0 Å². The molecule has 194 valence electrons. The Labute approximate surface area is 216 Å². The quantitative estimate of drug-likeness (QED) is 0.347. The van der Waals surface area contributed by atoms with Gasteiger partial charge in [-0.05, 0) is 54.8 Å². The van der Waals surface area contributed by atoms with Gasteiger partial charge in [-0.15, -0.1) is 0 Å². The monoisotopic (exact) mass is 517 g/mol. The number of benzene rings is 3. The third-order valence-electron chi connectivity index (χ3n) is 6.83. The molecule has 0 radical (unpaired) electrons. The Bertz CT molecular complexity index is 1600. The number of hydrogen-bond donors (Lipinski definition) is 3. The van der Waals surface area contributed by atoms with E-state index in [0.29, 0.717) is 47.0 Å². The van der Waals surface area contributed by atoms with Crippen LogP contribution in [-0.2, 0) is 11.2 Å². The highest BCUT2D eigenvalue weighted by Gasteiger charge is 2.29. The Balaban J connectivity index is 1.26. The van der Waals surface area contributed by atoms with Crippen molar-refractivity contribution in [3.63, 3.8) is 0 Å². The summed E-state index contributed by atoms with van der Waals surface area (Å²) in [5.74, 6) is -2.20. The second-order valence-corrected chi connectivity index (χ2v) is 9.32. The average molecular weight is 518 g/mol. The van der Waals surface area contributed by atoms with Crippen molar-refractivity contribution >= 4 is 34.0 Å².